The molecule has 20 heavy (non-hydrogen) atoms. The van der Waals surface area contributed by atoms with Crippen LogP contribution in [0.15, 0.2) is 24.3 Å². The summed E-state index contributed by atoms with van der Waals surface area (Å²) in [6, 6.07) is 7.38. The summed E-state index contributed by atoms with van der Waals surface area (Å²) in [4.78, 5) is 21.0. The Bertz CT molecular complexity index is 624. The van der Waals surface area contributed by atoms with Gasteiger partial charge in [-0.2, -0.15) is 0 Å². The highest BCUT2D eigenvalue weighted by Gasteiger charge is 2.22. The minimum absolute atomic E-state index is 0.0469. The van der Waals surface area contributed by atoms with Crippen LogP contribution in [-0.4, -0.2) is 29.0 Å². The van der Waals surface area contributed by atoms with Crippen LogP contribution in [0.1, 0.15) is 19.5 Å². The van der Waals surface area contributed by atoms with Crippen LogP contribution in [0.4, 0.5) is 5.82 Å². The molecule has 2 N–H and O–H groups in total. The molecule has 1 aromatic carbocycles. The molecule has 1 heterocycles. The predicted molar refractivity (Wildman–Crippen MR) is 80.6 cm³/mol. The molecule has 0 aliphatic heterocycles. The lowest BCUT2D eigenvalue weighted by molar-refractivity contribution is -0.122. The van der Waals surface area contributed by atoms with Gasteiger partial charge in [-0.05, 0) is 25.0 Å². The number of hydrogen-bond donors (Lipinski definition) is 2. The zero-order chi connectivity index (χ0) is 14.7. The molecule has 5 nitrogen and oxygen atoms in total. The zero-order valence-corrected chi connectivity index (χ0v) is 12.3. The van der Waals surface area contributed by atoms with Crippen molar-refractivity contribution in [2.75, 3.05) is 12.4 Å². The second-order valence-corrected chi connectivity index (χ2v) is 5.13. The topological polar surface area (TPSA) is 66.9 Å². The smallest absolute Gasteiger partial charge is 0.242 e. The summed E-state index contributed by atoms with van der Waals surface area (Å²) in [6.07, 6.45) is 0. The van der Waals surface area contributed by atoms with E-state index >= 15 is 0 Å². The Labute approximate surface area is 118 Å². The first-order valence-electron chi connectivity index (χ1n) is 6.74. The van der Waals surface area contributed by atoms with Crippen LogP contribution in [0, 0.1) is 12.8 Å². The number of benzene rings is 1. The SMILES string of the molecule is CNC(=O)C(Nc1nc2ccccc2nc1C)C(C)C. The number of nitrogens with zero attached hydrogens (tertiary/aromatic N) is 2. The van der Waals surface area contributed by atoms with E-state index in [1.54, 1.807) is 7.05 Å². The molecular formula is C15H20N4O. The van der Waals surface area contributed by atoms with Crippen LogP contribution < -0.4 is 10.6 Å². The van der Waals surface area contributed by atoms with Gasteiger partial charge in [0.2, 0.25) is 5.91 Å². The fourth-order valence-electron chi connectivity index (χ4n) is 2.06. The molecule has 2 aromatic rings. The van der Waals surface area contributed by atoms with Crippen molar-refractivity contribution in [1.29, 1.82) is 0 Å². The Morgan fingerprint density at radius 1 is 1.15 bits per heavy atom. The lowest BCUT2D eigenvalue weighted by atomic mass is 10.0. The molecule has 1 unspecified atom stereocenters. The van der Waals surface area contributed by atoms with Gasteiger partial charge in [0, 0.05) is 7.05 Å². The van der Waals surface area contributed by atoms with Crippen molar-refractivity contribution in [2.24, 2.45) is 5.92 Å². The molecule has 1 aromatic heterocycles. The van der Waals surface area contributed by atoms with E-state index in [0.29, 0.717) is 5.82 Å². The Morgan fingerprint density at radius 2 is 1.75 bits per heavy atom. The van der Waals surface area contributed by atoms with Gasteiger partial charge in [-0.15, -0.1) is 0 Å². The van der Waals surface area contributed by atoms with Crippen molar-refractivity contribution in [3.63, 3.8) is 0 Å². The van der Waals surface area contributed by atoms with E-state index in [1.807, 2.05) is 45.0 Å². The molecule has 0 fully saturated rings. The average molecular weight is 272 g/mol. The molecule has 1 amide bonds. The Balaban J connectivity index is 2.36. The van der Waals surface area contributed by atoms with Gasteiger partial charge in [0.05, 0.1) is 16.7 Å². The molecule has 2 rings (SSSR count). The first-order chi connectivity index (χ1) is 9.52. The summed E-state index contributed by atoms with van der Waals surface area (Å²) in [5.41, 5.74) is 2.47. The maximum atomic E-state index is 11.9. The highest BCUT2D eigenvalue weighted by molar-refractivity contribution is 5.85. The van der Waals surface area contributed by atoms with E-state index in [1.165, 1.54) is 0 Å². The Kier molecular flexibility index (Phi) is 4.17. The minimum Gasteiger partial charge on any atom is -0.357 e. The van der Waals surface area contributed by atoms with E-state index in [0.717, 1.165) is 16.7 Å². The number of nitrogens with one attached hydrogen (secondary N) is 2. The van der Waals surface area contributed by atoms with Crippen LogP contribution in [0.25, 0.3) is 11.0 Å². The van der Waals surface area contributed by atoms with Crippen LogP contribution in [0.3, 0.4) is 0 Å². The van der Waals surface area contributed by atoms with Gasteiger partial charge in [0.25, 0.3) is 0 Å². The summed E-state index contributed by atoms with van der Waals surface area (Å²) >= 11 is 0. The Morgan fingerprint density at radius 3 is 2.30 bits per heavy atom. The van der Waals surface area contributed by atoms with Crippen molar-refractivity contribution in [2.45, 2.75) is 26.8 Å². The van der Waals surface area contributed by atoms with Crippen molar-refractivity contribution in [3.8, 4) is 0 Å². The molecular weight excluding hydrogens is 252 g/mol. The van der Waals surface area contributed by atoms with Crippen molar-refractivity contribution in [3.05, 3.63) is 30.0 Å². The molecule has 1 atom stereocenters. The van der Waals surface area contributed by atoms with Gasteiger partial charge in [0.15, 0.2) is 0 Å². The van der Waals surface area contributed by atoms with Gasteiger partial charge in [-0.1, -0.05) is 26.0 Å². The maximum Gasteiger partial charge on any atom is 0.242 e. The van der Waals surface area contributed by atoms with Crippen molar-refractivity contribution in [1.82, 2.24) is 15.3 Å². The van der Waals surface area contributed by atoms with Gasteiger partial charge in [0.1, 0.15) is 11.9 Å². The standard InChI is InChI=1S/C15H20N4O/c1-9(2)13(15(20)16-4)19-14-10(3)17-11-7-5-6-8-12(11)18-14/h5-9,13H,1-4H3,(H,16,20)(H,18,19). The number of aryl methyl sites for hydroxylation is 1. The van der Waals surface area contributed by atoms with E-state index in [2.05, 4.69) is 20.6 Å². The van der Waals surface area contributed by atoms with Gasteiger partial charge in [-0.25, -0.2) is 9.97 Å². The average Bonchev–Trinajstić information content (AvgIpc) is 2.43. The first-order valence-corrected chi connectivity index (χ1v) is 6.74. The molecule has 0 saturated carbocycles. The number of carbonyl (C=O) groups excluding carboxylic acids is 1. The van der Waals surface area contributed by atoms with Crippen LogP contribution in [0.5, 0.6) is 0 Å². The molecule has 0 aliphatic rings. The lowest BCUT2D eigenvalue weighted by Gasteiger charge is -2.22. The monoisotopic (exact) mass is 272 g/mol. The normalized spacial score (nSPS) is 12.4. The molecule has 0 bridgehead atoms. The molecule has 106 valence electrons. The van der Waals surface area contributed by atoms with E-state index in [4.69, 9.17) is 0 Å². The number of rotatable bonds is 4. The number of aromatic nitrogens is 2. The van der Waals surface area contributed by atoms with E-state index < -0.39 is 0 Å². The van der Waals surface area contributed by atoms with E-state index in [9.17, 15) is 4.79 Å². The van der Waals surface area contributed by atoms with Crippen LogP contribution in [0.2, 0.25) is 0 Å². The molecule has 0 radical (unpaired) electrons. The van der Waals surface area contributed by atoms with E-state index in [-0.39, 0.29) is 17.9 Å². The molecule has 0 aliphatic carbocycles. The number of amides is 1. The summed E-state index contributed by atoms with van der Waals surface area (Å²) in [6.45, 7) is 5.89. The Hall–Kier alpha value is -2.17. The van der Waals surface area contributed by atoms with Crippen molar-refractivity contribution >= 4 is 22.8 Å². The zero-order valence-electron chi connectivity index (χ0n) is 12.3. The first kappa shape index (κ1) is 14.2. The lowest BCUT2D eigenvalue weighted by Crippen LogP contribution is -2.41. The maximum absolute atomic E-state index is 11.9. The number of hydrogen-bond acceptors (Lipinski definition) is 4. The minimum atomic E-state index is -0.325. The molecule has 5 heteroatoms. The van der Waals surface area contributed by atoms with Crippen molar-refractivity contribution < 1.29 is 4.79 Å². The largest absolute Gasteiger partial charge is 0.357 e. The quantitative estimate of drug-likeness (QED) is 0.894. The number of fused-ring (bicyclic) bond motifs is 1. The fraction of sp³-hybridized carbons (Fsp3) is 0.400. The summed E-state index contributed by atoms with van der Waals surface area (Å²) in [7, 11) is 1.64. The summed E-state index contributed by atoms with van der Waals surface area (Å²) in [5.74, 6) is 0.767. The second kappa shape index (κ2) is 5.86. The molecule has 0 saturated heterocycles. The fourth-order valence-corrected chi connectivity index (χ4v) is 2.06. The third kappa shape index (κ3) is 2.87. The number of para-hydroxylation sites is 2. The third-order valence-corrected chi connectivity index (χ3v) is 3.23. The van der Waals surface area contributed by atoms with Crippen LogP contribution >= 0.6 is 0 Å². The third-order valence-electron chi connectivity index (χ3n) is 3.23. The second-order valence-electron chi connectivity index (χ2n) is 5.13. The number of likely N-dealkylation sites (N-methyl/N-ethyl adjacent to an activating group) is 1. The highest BCUT2D eigenvalue weighted by atomic mass is 16.2. The van der Waals surface area contributed by atoms with Gasteiger partial charge < -0.3 is 10.6 Å². The van der Waals surface area contributed by atoms with Gasteiger partial charge in [-0.3, -0.25) is 4.79 Å². The van der Waals surface area contributed by atoms with Gasteiger partial charge >= 0.3 is 0 Å². The van der Waals surface area contributed by atoms with Crippen LogP contribution in [-0.2, 0) is 4.79 Å². The summed E-state index contributed by atoms with van der Waals surface area (Å²) in [5, 5.41) is 5.88. The number of carbonyl (C=O) groups is 1. The predicted octanol–water partition coefficient (Wildman–Crippen LogP) is 2.12. The number of anilines is 1. The summed E-state index contributed by atoms with van der Waals surface area (Å²) < 4.78 is 0. The highest BCUT2D eigenvalue weighted by Crippen LogP contribution is 2.18. The molecule has 0 spiro atoms.